The number of amides is 1. The third kappa shape index (κ3) is 5.61. The molecule has 1 aliphatic rings. The number of carbonyl (C=O) groups is 2. The number of fused-ring (bicyclic) bond motifs is 1. The van der Waals surface area contributed by atoms with Crippen molar-refractivity contribution in [3.05, 3.63) is 59.7 Å². The maximum atomic E-state index is 13.6. The minimum Gasteiger partial charge on any atom is -0.474 e. The minimum absolute atomic E-state index is 0.0293. The molecule has 10 nitrogen and oxygen atoms in total. The summed E-state index contributed by atoms with van der Waals surface area (Å²) in [6.07, 6.45) is 0.607. The molecule has 3 aromatic rings. The van der Waals surface area contributed by atoms with Gasteiger partial charge in [-0.3, -0.25) is 9.69 Å². The number of nitrogens with zero attached hydrogens (tertiary/aromatic N) is 5. The Labute approximate surface area is 232 Å². The van der Waals surface area contributed by atoms with E-state index in [1.54, 1.807) is 63.8 Å². The van der Waals surface area contributed by atoms with Crippen LogP contribution in [0.3, 0.4) is 0 Å². The van der Waals surface area contributed by atoms with Crippen molar-refractivity contribution in [3.63, 3.8) is 0 Å². The largest absolute Gasteiger partial charge is 0.508 e. The Bertz CT molecular complexity index is 1510. The maximum Gasteiger partial charge on any atom is 0.508 e. The van der Waals surface area contributed by atoms with Crippen molar-refractivity contribution < 1.29 is 23.8 Å². The van der Waals surface area contributed by atoms with Crippen LogP contribution in [0.2, 0.25) is 0 Å². The number of carbonyl (C=O) groups excluding carboxylic acids is 2. The second kappa shape index (κ2) is 10.5. The number of hydrogen-bond donors (Lipinski definition) is 0. The highest BCUT2D eigenvalue weighted by Crippen LogP contribution is 2.39. The third-order valence-electron chi connectivity index (χ3n) is 6.00. The Morgan fingerprint density at radius 1 is 1.10 bits per heavy atom. The Morgan fingerprint density at radius 2 is 1.82 bits per heavy atom. The summed E-state index contributed by atoms with van der Waals surface area (Å²) in [5.41, 5.74) is 1.53. The van der Waals surface area contributed by atoms with Crippen LogP contribution in [0.25, 0.3) is 15.7 Å². The molecule has 1 aromatic heterocycles. The van der Waals surface area contributed by atoms with Gasteiger partial charge in [-0.1, -0.05) is 6.07 Å². The molecule has 1 amide bonds. The van der Waals surface area contributed by atoms with Crippen molar-refractivity contribution in [3.8, 4) is 5.88 Å². The highest BCUT2D eigenvalue weighted by Gasteiger charge is 2.50. The molecular formula is C28H29N5O5S. The highest BCUT2D eigenvalue weighted by atomic mass is 32.1. The van der Waals surface area contributed by atoms with E-state index in [0.29, 0.717) is 39.0 Å². The van der Waals surface area contributed by atoms with Gasteiger partial charge < -0.3 is 19.1 Å². The number of hydrogen-bond acceptors (Lipinski definition) is 8. The first-order valence-corrected chi connectivity index (χ1v) is 12.6. The van der Waals surface area contributed by atoms with Gasteiger partial charge in [-0.05, 0) is 89.7 Å². The molecule has 2 heterocycles. The lowest BCUT2D eigenvalue weighted by atomic mass is 10.0. The van der Waals surface area contributed by atoms with Crippen LogP contribution in [0, 0.1) is 13.5 Å². The smallest absolute Gasteiger partial charge is 0.474 e. The first-order chi connectivity index (χ1) is 18.3. The molecule has 202 valence electrons. The van der Waals surface area contributed by atoms with E-state index < -0.39 is 17.3 Å². The van der Waals surface area contributed by atoms with Crippen LogP contribution >= 0.6 is 12.2 Å². The SMILES string of the molecule is [C-]#[N+]c1ccc(N2C(=O)C(C)(C)N(c3ccc4ncnc(OCCOC(=O)OC(C)(C)C)c4c3)C2=S)cc1C. The maximum absolute atomic E-state index is 13.6. The van der Waals surface area contributed by atoms with Gasteiger partial charge in [0.25, 0.3) is 5.91 Å². The van der Waals surface area contributed by atoms with E-state index in [1.807, 2.05) is 19.1 Å². The highest BCUT2D eigenvalue weighted by molar-refractivity contribution is 7.81. The summed E-state index contributed by atoms with van der Waals surface area (Å²) in [6, 6.07) is 10.7. The van der Waals surface area contributed by atoms with Crippen LogP contribution in [0.1, 0.15) is 40.2 Å². The Kier molecular flexibility index (Phi) is 7.44. The number of anilines is 2. The lowest BCUT2D eigenvalue weighted by Gasteiger charge is -2.29. The molecule has 4 rings (SSSR count). The summed E-state index contributed by atoms with van der Waals surface area (Å²) in [5.74, 6) is 0.105. The lowest BCUT2D eigenvalue weighted by molar-refractivity contribution is -0.120. The first kappa shape index (κ1) is 27.7. The predicted octanol–water partition coefficient (Wildman–Crippen LogP) is 5.74. The van der Waals surface area contributed by atoms with E-state index in [-0.39, 0.29) is 19.1 Å². The number of rotatable bonds is 6. The van der Waals surface area contributed by atoms with Crippen molar-refractivity contribution in [1.29, 1.82) is 0 Å². The van der Waals surface area contributed by atoms with Crippen LogP contribution < -0.4 is 14.5 Å². The average Bonchev–Trinajstić information content (AvgIpc) is 3.03. The molecule has 0 atom stereocenters. The molecule has 0 N–H and O–H groups in total. The van der Waals surface area contributed by atoms with Gasteiger partial charge in [-0.15, -0.1) is 0 Å². The third-order valence-corrected chi connectivity index (χ3v) is 6.36. The Balaban J connectivity index is 1.59. The van der Waals surface area contributed by atoms with Gasteiger partial charge in [-0.2, -0.15) is 0 Å². The molecule has 0 bridgehead atoms. The quantitative estimate of drug-likeness (QED) is 0.166. The second-order valence-corrected chi connectivity index (χ2v) is 10.8. The van der Waals surface area contributed by atoms with Crippen molar-refractivity contribution >= 4 is 57.4 Å². The normalized spacial score (nSPS) is 14.9. The molecule has 1 fully saturated rings. The molecule has 0 saturated carbocycles. The first-order valence-electron chi connectivity index (χ1n) is 12.2. The van der Waals surface area contributed by atoms with E-state index in [0.717, 1.165) is 5.56 Å². The fraction of sp³-hybridized carbons (Fsp3) is 0.357. The molecular weight excluding hydrogens is 518 g/mol. The van der Waals surface area contributed by atoms with Crippen LogP contribution in [0.15, 0.2) is 42.7 Å². The van der Waals surface area contributed by atoms with Crippen molar-refractivity contribution in [2.24, 2.45) is 0 Å². The Hall–Kier alpha value is -4.30. The molecule has 0 aliphatic carbocycles. The Morgan fingerprint density at radius 3 is 2.49 bits per heavy atom. The molecule has 0 spiro atoms. The van der Waals surface area contributed by atoms with Gasteiger partial charge in [0.05, 0.1) is 17.5 Å². The molecule has 2 aromatic carbocycles. The zero-order valence-corrected chi connectivity index (χ0v) is 23.5. The summed E-state index contributed by atoms with van der Waals surface area (Å²) in [6.45, 7) is 18.0. The van der Waals surface area contributed by atoms with Crippen molar-refractivity contribution in [2.45, 2.75) is 52.7 Å². The molecule has 11 heteroatoms. The molecule has 1 saturated heterocycles. The number of ether oxygens (including phenoxy) is 3. The second-order valence-electron chi connectivity index (χ2n) is 10.4. The van der Waals surface area contributed by atoms with Crippen molar-refractivity contribution in [1.82, 2.24) is 9.97 Å². The van der Waals surface area contributed by atoms with Gasteiger partial charge in [0.2, 0.25) is 5.88 Å². The van der Waals surface area contributed by atoms with E-state index >= 15 is 0 Å². The van der Waals surface area contributed by atoms with E-state index in [1.165, 1.54) is 11.2 Å². The zero-order valence-electron chi connectivity index (χ0n) is 22.6. The standard InChI is InChI=1S/C28H29N5O5S/c1-17-14-18(8-10-21(17)29-7)32-24(34)28(5,6)33(25(32)39)19-9-11-22-20(15-19)23(31-16-30-22)36-12-13-37-26(35)38-27(2,3)4/h8-11,14-16H,12-13H2,1-6H3. The van der Waals surface area contributed by atoms with Crippen LogP contribution in [-0.4, -0.2) is 51.5 Å². The monoisotopic (exact) mass is 547 g/mol. The number of benzene rings is 2. The molecule has 1 aliphatic heterocycles. The van der Waals surface area contributed by atoms with Gasteiger partial charge in [0.15, 0.2) is 10.8 Å². The van der Waals surface area contributed by atoms with Crippen LogP contribution in [-0.2, 0) is 14.3 Å². The van der Waals surface area contributed by atoms with E-state index in [4.69, 9.17) is 33.0 Å². The van der Waals surface area contributed by atoms with Gasteiger partial charge in [-0.25, -0.2) is 19.6 Å². The van der Waals surface area contributed by atoms with Gasteiger partial charge in [0.1, 0.15) is 30.7 Å². The van der Waals surface area contributed by atoms with Crippen LogP contribution in [0.4, 0.5) is 21.9 Å². The summed E-state index contributed by atoms with van der Waals surface area (Å²) in [5, 5.41) is 0.915. The summed E-state index contributed by atoms with van der Waals surface area (Å²) >= 11 is 5.81. The van der Waals surface area contributed by atoms with Crippen molar-refractivity contribution in [2.75, 3.05) is 23.0 Å². The summed E-state index contributed by atoms with van der Waals surface area (Å²) in [4.78, 5) is 40.7. The number of aryl methyl sites for hydroxylation is 1. The predicted molar refractivity (Wildman–Crippen MR) is 151 cm³/mol. The summed E-state index contributed by atoms with van der Waals surface area (Å²) in [7, 11) is 0. The molecule has 39 heavy (non-hydrogen) atoms. The van der Waals surface area contributed by atoms with E-state index in [9.17, 15) is 9.59 Å². The minimum atomic E-state index is -0.991. The van der Waals surface area contributed by atoms with Crippen LogP contribution in [0.5, 0.6) is 5.88 Å². The van der Waals surface area contributed by atoms with E-state index in [2.05, 4.69) is 14.8 Å². The lowest BCUT2D eigenvalue weighted by Crippen LogP contribution is -2.44. The fourth-order valence-electron chi connectivity index (χ4n) is 4.18. The number of aromatic nitrogens is 2. The fourth-order valence-corrected chi connectivity index (χ4v) is 4.70. The molecule has 0 radical (unpaired) electrons. The molecule has 0 unspecified atom stereocenters. The summed E-state index contributed by atoms with van der Waals surface area (Å²) < 4.78 is 16.0. The average molecular weight is 548 g/mol. The number of thiocarbonyl (C=S) groups is 1. The zero-order chi connectivity index (χ0) is 28.5. The topological polar surface area (TPSA) is 98.5 Å². The van der Waals surface area contributed by atoms with Gasteiger partial charge >= 0.3 is 6.16 Å². The van der Waals surface area contributed by atoms with Gasteiger partial charge in [0, 0.05) is 11.4 Å².